The van der Waals surface area contributed by atoms with Gasteiger partial charge in [-0.2, -0.15) is 0 Å². The first kappa shape index (κ1) is 29.9. The fourth-order valence-electron chi connectivity index (χ4n) is 6.38. The number of hydrogen-bond acceptors (Lipinski definition) is 7. The number of nitrogens with one attached hydrogen (secondary N) is 1. The highest BCUT2D eigenvalue weighted by atomic mass is 32.1. The molecule has 0 aliphatic carbocycles. The van der Waals surface area contributed by atoms with Crippen molar-refractivity contribution in [3.05, 3.63) is 76.3 Å². The molecule has 2 aromatic carbocycles. The van der Waals surface area contributed by atoms with Gasteiger partial charge in [0, 0.05) is 71.6 Å². The number of carbonyl (C=O) groups excluding carboxylic acids is 4. The van der Waals surface area contributed by atoms with Gasteiger partial charge in [-0.25, -0.2) is 14.3 Å². The van der Waals surface area contributed by atoms with Crippen molar-refractivity contribution in [2.24, 2.45) is 11.7 Å². The van der Waals surface area contributed by atoms with Crippen molar-refractivity contribution in [1.29, 1.82) is 0 Å². The van der Waals surface area contributed by atoms with E-state index in [-0.39, 0.29) is 34.5 Å². The number of nitrogens with two attached hydrogens (primary N) is 1. The fraction of sp³-hybridized carbons (Fsp3) is 0.303. The van der Waals surface area contributed by atoms with Gasteiger partial charge in [0.25, 0.3) is 5.91 Å². The third-order valence-electron chi connectivity index (χ3n) is 8.73. The van der Waals surface area contributed by atoms with E-state index in [0.29, 0.717) is 31.7 Å². The third kappa shape index (κ3) is 5.82. The molecule has 0 spiro atoms. The van der Waals surface area contributed by atoms with Crippen LogP contribution in [0.3, 0.4) is 0 Å². The maximum atomic E-state index is 12.9. The molecule has 2 unspecified atom stereocenters. The maximum absolute atomic E-state index is 12.9. The van der Waals surface area contributed by atoms with Gasteiger partial charge in [0.05, 0.1) is 25.1 Å². The van der Waals surface area contributed by atoms with Crippen LogP contribution in [0.4, 0.5) is 11.4 Å². The summed E-state index contributed by atoms with van der Waals surface area (Å²) in [5, 5.41) is 7.81. The zero-order chi connectivity index (χ0) is 30.8. The number of aromatic nitrogens is 1. The number of benzene rings is 2. The second kappa shape index (κ2) is 12.4. The number of hydrogen-bond donors (Lipinski definition) is 2. The number of rotatable bonds is 9. The standard InChI is InChI=1S/C33H33N5O4S2/c1-21(39)38(16-2-5-29(38)31(34)41)26-12-8-23(9-13-26)33-36-28(20-44-33)22-6-10-25(11-7-22)35-32(42)24-18-30(40)37(19-24)15-14-27-4-3-17-43-27/h3-4,6-13,17,20,24,29H,2,5,14-16,18-19H2,1H3,(H2-,34,35,41,42)/p+1/t24?,29-,38?/m0/s1. The summed E-state index contributed by atoms with van der Waals surface area (Å²) in [5.41, 5.74) is 9.77. The Labute approximate surface area is 263 Å². The van der Waals surface area contributed by atoms with Gasteiger partial charge in [0.15, 0.2) is 6.04 Å². The monoisotopic (exact) mass is 628 g/mol. The summed E-state index contributed by atoms with van der Waals surface area (Å²) >= 11 is 3.20. The summed E-state index contributed by atoms with van der Waals surface area (Å²) in [4.78, 5) is 58.1. The van der Waals surface area contributed by atoms with Crippen molar-refractivity contribution in [1.82, 2.24) is 14.4 Å². The molecule has 2 aliphatic heterocycles. The molecule has 226 valence electrons. The van der Waals surface area contributed by atoms with Gasteiger partial charge < -0.3 is 16.0 Å². The van der Waals surface area contributed by atoms with E-state index in [1.807, 2.05) is 65.4 Å². The molecule has 2 aromatic heterocycles. The van der Waals surface area contributed by atoms with E-state index in [2.05, 4.69) is 11.4 Å². The molecular formula is C33H34N5O4S2+. The van der Waals surface area contributed by atoms with Crippen molar-refractivity contribution in [3.8, 4) is 21.8 Å². The van der Waals surface area contributed by atoms with Crippen LogP contribution in [-0.4, -0.2) is 59.2 Å². The largest absolute Gasteiger partial charge is 0.364 e. The zero-order valence-corrected chi connectivity index (χ0v) is 26.0. The molecule has 0 bridgehead atoms. The topological polar surface area (TPSA) is 122 Å². The first-order chi connectivity index (χ1) is 21.2. The van der Waals surface area contributed by atoms with Crippen molar-refractivity contribution in [2.45, 2.75) is 38.6 Å². The van der Waals surface area contributed by atoms with E-state index >= 15 is 0 Å². The molecule has 4 heterocycles. The highest BCUT2D eigenvalue weighted by molar-refractivity contribution is 7.13. The van der Waals surface area contributed by atoms with E-state index in [1.54, 1.807) is 16.2 Å². The van der Waals surface area contributed by atoms with Crippen LogP contribution in [-0.2, 0) is 25.6 Å². The Bertz CT molecular complexity index is 1680. The number of primary amides is 1. The van der Waals surface area contributed by atoms with E-state index < -0.39 is 11.9 Å². The third-order valence-corrected chi connectivity index (χ3v) is 10.6. The second-order valence-corrected chi connectivity index (χ2v) is 13.3. The molecule has 2 aliphatic rings. The van der Waals surface area contributed by atoms with Crippen molar-refractivity contribution in [2.75, 3.05) is 25.0 Å². The van der Waals surface area contributed by atoms with E-state index in [4.69, 9.17) is 10.7 Å². The highest BCUT2D eigenvalue weighted by Gasteiger charge is 2.51. The molecule has 3 N–H and O–H groups in total. The molecule has 3 atom stereocenters. The highest BCUT2D eigenvalue weighted by Crippen LogP contribution is 2.37. The summed E-state index contributed by atoms with van der Waals surface area (Å²) in [6.07, 6.45) is 2.41. The minimum Gasteiger partial charge on any atom is -0.364 e. The van der Waals surface area contributed by atoms with Crippen LogP contribution >= 0.6 is 22.7 Å². The number of anilines is 1. The Morgan fingerprint density at radius 2 is 1.80 bits per heavy atom. The lowest BCUT2D eigenvalue weighted by Crippen LogP contribution is -2.60. The van der Waals surface area contributed by atoms with Gasteiger partial charge >= 0.3 is 5.91 Å². The number of thiophene rings is 1. The first-order valence-corrected chi connectivity index (χ1v) is 16.5. The first-order valence-electron chi connectivity index (χ1n) is 14.7. The number of nitrogens with zero attached hydrogens (tertiary/aromatic N) is 3. The van der Waals surface area contributed by atoms with Crippen LogP contribution in [0, 0.1) is 5.92 Å². The molecule has 44 heavy (non-hydrogen) atoms. The SMILES string of the molecule is CC(=O)[N+]1(c2ccc(-c3nc(-c4ccc(NC(=O)C5CC(=O)N(CCc6cccs6)C5)cc4)cs3)cc2)CCC[C@H]1C(N)=O. The van der Waals surface area contributed by atoms with Gasteiger partial charge in [0.2, 0.25) is 11.8 Å². The van der Waals surface area contributed by atoms with Gasteiger partial charge in [-0.3, -0.25) is 14.4 Å². The smallest absolute Gasteiger partial charge is 0.316 e. The molecule has 0 saturated carbocycles. The Morgan fingerprint density at radius 3 is 2.48 bits per heavy atom. The van der Waals surface area contributed by atoms with Crippen molar-refractivity contribution in [3.63, 3.8) is 0 Å². The Kier molecular flexibility index (Phi) is 8.44. The van der Waals surface area contributed by atoms with Gasteiger partial charge in [-0.1, -0.05) is 18.2 Å². The lowest BCUT2D eigenvalue weighted by atomic mass is 10.1. The number of thiazole rings is 1. The minimum atomic E-state index is -0.547. The summed E-state index contributed by atoms with van der Waals surface area (Å²) in [6, 6.07) is 18.7. The molecule has 2 fully saturated rings. The molecule has 0 radical (unpaired) electrons. The fourth-order valence-corrected chi connectivity index (χ4v) is 7.91. The van der Waals surface area contributed by atoms with Crippen LogP contribution in [0.1, 0.15) is 31.1 Å². The average molecular weight is 629 g/mol. The number of amides is 4. The van der Waals surface area contributed by atoms with Gasteiger partial charge in [-0.15, -0.1) is 22.7 Å². The normalized spacial score (nSPS) is 21.5. The van der Waals surface area contributed by atoms with Gasteiger partial charge in [0.1, 0.15) is 10.7 Å². The van der Waals surface area contributed by atoms with Gasteiger partial charge in [-0.05, 0) is 42.1 Å². The maximum Gasteiger partial charge on any atom is 0.316 e. The summed E-state index contributed by atoms with van der Waals surface area (Å²) in [7, 11) is 0. The summed E-state index contributed by atoms with van der Waals surface area (Å²) in [6.45, 7) is 3.16. The molecule has 6 rings (SSSR count). The second-order valence-electron chi connectivity index (χ2n) is 11.4. The van der Waals surface area contributed by atoms with Crippen LogP contribution in [0.25, 0.3) is 21.8 Å². The quantitative estimate of drug-likeness (QED) is 0.251. The van der Waals surface area contributed by atoms with Crippen LogP contribution in [0.2, 0.25) is 0 Å². The van der Waals surface area contributed by atoms with Crippen LogP contribution in [0.15, 0.2) is 71.4 Å². The van der Waals surface area contributed by atoms with Crippen LogP contribution < -0.4 is 15.5 Å². The van der Waals surface area contributed by atoms with E-state index in [1.165, 1.54) is 23.1 Å². The van der Waals surface area contributed by atoms with Crippen molar-refractivity contribution < 1.29 is 19.2 Å². The van der Waals surface area contributed by atoms with Crippen molar-refractivity contribution >= 4 is 57.7 Å². The molecule has 4 aromatic rings. The number of carbonyl (C=O) groups is 4. The predicted molar refractivity (Wildman–Crippen MR) is 174 cm³/mol. The number of likely N-dealkylation sites (tertiary alicyclic amines) is 2. The molecular weight excluding hydrogens is 595 g/mol. The Morgan fingerprint density at radius 1 is 1.05 bits per heavy atom. The molecule has 2 saturated heterocycles. The Hall–Kier alpha value is -4.19. The summed E-state index contributed by atoms with van der Waals surface area (Å²) in [5.74, 6) is -1.01. The minimum absolute atomic E-state index is 0.0249. The van der Waals surface area contributed by atoms with Crippen LogP contribution in [0.5, 0.6) is 0 Å². The van der Waals surface area contributed by atoms with E-state index in [0.717, 1.165) is 40.4 Å². The zero-order valence-electron chi connectivity index (χ0n) is 24.4. The lowest BCUT2D eigenvalue weighted by Gasteiger charge is -2.34. The predicted octanol–water partition coefficient (Wildman–Crippen LogP) is 5.07. The molecule has 9 nitrogen and oxygen atoms in total. The van der Waals surface area contributed by atoms with E-state index in [9.17, 15) is 19.2 Å². The summed E-state index contributed by atoms with van der Waals surface area (Å²) < 4.78 is -0.0352. The lowest BCUT2D eigenvalue weighted by molar-refractivity contribution is -0.134. The average Bonchev–Trinajstić information content (AvgIpc) is 3.83. The molecule has 11 heteroatoms. The Balaban J connectivity index is 1.08. The number of quaternary nitrogens is 1. The molecule has 4 amide bonds.